The Morgan fingerprint density at radius 1 is 1.09 bits per heavy atom. The van der Waals surface area contributed by atoms with Crippen molar-refractivity contribution in [1.82, 2.24) is 0 Å². The van der Waals surface area contributed by atoms with Crippen molar-refractivity contribution in [2.75, 3.05) is 11.4 Å². The van der Waals surface area contributed by atoms with Gasteiger partial charge in [0, 0.05) is 29.2 Å². The molecule has 0 aromatic heterocycles. The molecule has 0 amide bonds. The lowest BCUT2D eigenvalue weighted by Crippen LogP contribution is -2.26. The Kier molecular flexibility index (Phi) is 4.60. The Balaban J connectivity index is 2.49. The molecule has 0 atom stereocenters. The van der Waals surface area contributed by atoms with Crippen LogP contribution in [0.25, 0.3) is 0 Å². The van der Waals surface area contributed by atoms with Crippen molar-refractivity contribution in [3.8, 4) is 0 Å². The summed E-state index contributed by atoms with van der Waals surface area (Å²) >= 11 is 11.7. The second-order valence-electron chi connectivity index (χ2n) is 4.35. The van der Waals surface area contributed by atoms with Crippen molar-refractivity contribution < 1.29 is 13.3 Å². The minimum atomic E-state index is -3.97. The number of nitro benzene ring substituents is 1. The van der Waals surface area contributed by atoms with Crippen LogP contribution in [0.5, 0.6) is 0 Å². The predicted molar refractivity (Wildman–Crippen MR) is 85.1 cm³/mol. The summed E-state index contributed by atoms with van der Waals surface area (Å²) < 4.78 is 26.1. The number of anilines is 1. The number of non-ortho nitro benzene ring substituents is 1. The number of rotatable bonds is 4. The molecular weight excluding hydrogens is 351 g/mol. The fourth-order valence-corrected chi connectivity index (χ4v) is 3.51. The van der Waals surface area contributed by atoms with E-state index in [0.29, 0.717) is 0 Å². The molecule has 2 aromatic rings. The van der Waals surface area contributed by atoms with Crippen molar-refractivity contribution in [2.24, 2.45) is 0 Å². The summed E-state index contributed by atoms with van der Waals surface area (Å²) in [5.41, 5.74) is -0.0531. The first-order valence-electron chi connectivity index (χ1n) is 5.91. The van der Waals surface area contributed by atoms with Crippen molar-refractivity contribution in [1.29, 1.82) is 0 Å². The smallest absolute Gasteiger partial charge is 0.269 e. The highest BCUT2D eigenvalue weighted by Gasteiger charge is 2.23. The van der Waals surface area contributed by atoms with Crippen LogP contribution in [0.2, 0.25) is 10.0 Å². The summed E-state index contributed by atoms with van der Waals surface area (Å²) in [7, 11) is -2.65. The highest BCUT2D eigenvalue weighted by Crippen LogP contribution is 2.29. The van der Waals surface area contributed by atoms with Gasteiger partial charge < -0.3 is 0 Å². The van der Waals surface area contributed by atoms with Crippen LogP contribution in [0.4, 0.5) is 11.4 Å². The summed E-state index contributed by atoms with van der Waals surface area (Å²) in [6, 6.07) is 9.15. The average Bonchev–Trinajstić information content (AvgIpc) is 2.45. The van der Waals surface area contributed by atoms with E-state index in [1.807, 2.05) is 0 Å². The molecule has 116 valence electrons. The maximum Gasteiger partial charge on any atom is 0.270 e. The number of hydrogen-bond acceptors (Lipinski definition) is 4. The quantitative estimate of drug-likeness (QED) is 0.614. The fourth-order valence-electron chi connectivity index (χ4n) is 1.78. The van der Waals surface area contributed by atoms with Crippen LogP contribution >= 0.6 is 23.2 Å². The number of hydrogen-bond donors (Lipinski definition) is 0. The number of nitrogens with zero attached hydrogens (tertiary/aromatic N) is 2. The van der Waals surface area contributed by atoms with Gasteiger partial charge in [-0.15, -0.1) is 0 Å². The highest BCUT2D eigenvalue weighted by atomic mass is 35.5. The minimum absolute atomic E-state index is 0.194. The Labute approximate surface area is 137 Å². The molecule has 0 bridgehead atoms. The molecule has 6 nitrogen and oxygen atoms in total. The SMILES string of the molecule is CN(c1cc(Cl)cc(Cl)c1)S(=O)(=O)c1cccc([N+](=O)[O-])c1. The standard InChI is InChI=1S/C13H10Cl2N2O4S/c1-16(12-6-9(14)5-10(15)7-12)22(20,21)13-4-2-3-11(8-13)17(18)19/h2-8H,1H3. The van der Waals surface area contributed by atoms with Gasteiger partial charge in [0.1, 0.15) is 0 Å². The van der Waals surface area contributed by atoms with Crippen LogP contribution in [-0.2, 0) is 10.0 Å². The van der Waals surface area contributed by atoms with E-state index < -0.39 is 14.9 Å². The average molecular weight is 361 g/mol. The van der Waals surface area contributed by atoms with E-state index in [9.17, 15) is 18.5 Å². The van der Waals surface area contributed by atoms with Gasteiger partial charge >= 0.3 is 0 Å². The van der Waals surface area contributed by atoms with Gasteiger partial charge in [-0.1, -0.05) is 29.3 Å². The van der Waals surface area contributed by atoms with E-state index in [4.69, 9.17) is 23.2 Å². The molecule has 0 saturated heterocycles. The van der Waals surface area contributed by atoms with Crippen LogP contribution in [-0.4, -0.2) is 20.4 Å². The van der Waals surface area contributed by atoms with Gasteiger partial charge in [-0.2, -0.15) is 0 Å². The molecule has 0 radical (unpaired) electrons. The van der Waals surface area contributed by atoms with E-state index in [1.165, 1.54) is 43.4 Å². The third-order valence-corrected chi connectivity index (χ3v) is 5.12. The van der Waals surface area contributed by atoms with Gasteiger partial charge in [0.05, 0.1) is 15.5 Å². The second kappa shape index (κ2) is 6.12. The summed E-state index contributed by atoms with van der Waals surface area (Å²) in [4.78, 5) is 9.92. The second-order valence-corrected chi connectivity index (χ2v) is 7.20. The van der Waals surface area contributed by atoms with Crippen LogP contribution in [0.3, 0.4) is 0 Å². The topological polar surface area (TPSA) is 80.5 Å². The van der Waals surface area contributed by atoms with E-state index >= 15 is 0 Å². The number of benzene rings is 2. The van der Waals surface area contributed by atoms with E-state index in [-0.39, 0.29) is 26.3 Å². The molecule has 0 unspecified atom stereocenters. The van der Waals surface area contributed by atoms with Crippen LogP contribution in [0.15, 0.2) is 47.4 Å². The zero-order valence-electron chi connectivity index (χ0n) is 11.2. The van der Waals surface area contributed by atoms with Gasteiger partial charge in [0.2, 0.25) is 0 Å². The van der Waals surface area contributed by atoms with Gasteiger partial charge in [-0.05, 0) is 24.3 Å². The van der Waals surface area contributed by atoms with Crippen LogP contribution in [0, 0.1) is 10.1 Å². The number of halogens is 2. The Bertz CT molecular complexity index is 819. The minimum Gasteiger partial charge on any atom is -0.269 e. The monoisotopic (exact) mass is 360 g/mol. The first kappa shape index (κ1) is 16.5. The Morgan fingerprint density at radius 2 is 1.68 bits per heavy atom. The summed E-state index contributed by atoms with van der Waals surface area (Å²) in [6.07, 6.45) is 0. The molecule has 0 aliphatic carbocycles. The number of sulfonamides is 1. The lowest BCUT2D eigenvalue weighted by atomic mass is 10.3. The zero-order valence-corrected chi connectivity index (χ0v) is 13.6. The van der Waals surface area contributed by atoms with Gasteiger partial charge in [0.15, 0.2) is 0 Å². The Hall–Kier alpha value is -1.83. The van der Waals surface area contributed by atoms with Crippen LogP contribution < -0.4 is 4.31 Å². The lowest BCUT2D eigenvalue weighted by molar-refractivity contribution is -0.385. The molecule has 0 fully saturated rings. The van der Waals surface area contributed by atoms with Crippen molar-refractivity contribution in [2.45, 2.75) is 4.90 Å². The largest absolute Gasteiger partial charge is 0.270 e. The fraction of sp³-hybridized carbons (Fsp3) is 0.0769. The van der Waals surface area contributed by atoms with Gasteiger partial charge in [-0.3, -0.25) is 14.4 Å². The molecule has 22 heavy (non-hydrogen) atoms. The molecule has 9 heteroatoms. The molecule has 0 saturated carbocycles. The maximum absolute atomic E-state index is 12.5. The van der Waals surface area contributed by atoms with E-state index in [2.05, 4.69) is 0 Å². The molecule has 0 N–H and O–H groups in total. The van der Waals surface area contributed by atoms with Crippen molar-refractivity contribution in [3.63, 3.8) is 0 Å². The third-order valence-electron chi connectivity index (χ3n) is 2.90. The molecule has 0 aliphatic rings. The Morgan fingerprint density at radius 3 is 2.23 bits per heavy atom. The normalized spacial score (nSPS) is 11.2. The van der Waals surface area contributed by atoms with Crippen molar-refractivity contribution in [3.05, 3.63) is 62.6 Å². The van der Waals surface area contributed by atoms with E-state index in [0.717, 1.165) is 10.4 Å². The lowest BCUT2D eigenvalue weighted by Gasteiger charge is -2.20. The maximum atomic E-state index is 12.5. The molecule has 0 spiro atoms. The predicted octanol–water partition coefficient (Wildman–Crippen LogP) is 3.73. The zero-order chi connectivity index (χ0) is 16.5. The highest BCUT2D eigenvalue weighted by molar-refractivity contribution is 7.92. The first-order valence-corrected chi connectivity index (χ1v) is 8.11. The summed E-state index contributed by atoms with van der Waals surface area (Å²) in [5, 5.41) is 11.3. The molecule has 0 aliphatic heterocycles. The molecule has 2 rings (SSSR count). The summed E-state index contributed by atoms with van der Waals surface area (Å²) in [5.74, 6) is 0. The van der Waals surface area contributed by atoms with E-state index in [1.54, 1.807) is 0 Å². The number of nitro groups is 1. The molecule has 2 aromatic carbocycles. The molecule has 0 heterocycles. The van der Waals surface area contributed by atoms with Gasteiger partial charge in [-0.25, -0.2) is 8.42 Å². The van der Waals surface area contributed by atoms with Crippen LogP contribution in [0.1, 0.15) is 0 Å². The third kappa shape index (κ3) is 3.32. The summed E-state index contributed by atoms with van der Waals surface area (Å²) in [6.45, 7) is 0. The van der Waals surface area contributed by atoms with Gasteiger partial charge in [0.25, 0.3) is 15.7 Å². The van der Waals surface area contributed by atoms with Crippen molar-refractivity contribution >= 4 is 44.6 Å². The first-order chi connectivity index (χ1) is 10.2. The molecular formula is C13H10Cl2N2O4S.